The Kier molecular flexibility index (Phi) is 3.45. The standard InChI is InChI=1S/C12H13ClINO/c1-12(3-2-4-12)15-11(16)8-5-9(13)7-10(14)6-8/h5-7H,2-4H2,1H3,(H,15,16). The Morgan fingerprint density at radius 3 is 2.62 bits per heavy atom. The Morgan fingerprint density at radius 2 is 2.12 bits per heavy atom. The van der Waals surface area contributed by atoms with Crippen LogP contribution < -0.4 is 5.32 Å². The van der Waals surface area contributed by atoms with E-state index >= 15 is 0 Å². The first-order valence-electron chi connectivity index (χ1n) is 5.27. The summed E-state index contributed by atoms with van der Waals surface area (Å²) in [6.07, 6.45) is 3.33. The van der Waals surface area contributed by atoms with Crippen LogP contribution in [-0.4, -0.2) is 11.4 Å². The van der Waals surface area contributed by atoms with Crippen molar-refractivity contribution in [2.45, 2.75) is 31.7 Å². The number of amides is 1. The second-order valence-electron chi connectivity index (χ2n) is 4.53. The number of rotatable bonds is 2. The third-order valence-electron chi connectivity index (χ3n) is 3.00. The summed E-state index contributed by atoms with van der Waals surface area (Å²) in [5.41, 5.74) is 0.634. The van der Waals surface area contributed by atoms with Crippen molar-refractivity contribution < 1.29 is 4.79 Å². The van der Waals surface area contributed by atoms with E-state index in [1.165, 1.54) is 6.42 Å². The van der Waals surface area contributed by atoms with Gasteiger partial charge in [0.2, 0.25) is 0 Å². The van der Waals surface area contributed by atoms with Gasteiger partial charge in [-0.05, 0) is 67.0 Å². The van der Waals surface area contributed by atoms with E-state index in [4.69, 9.17) is 11.6 Å². The van der Waals surface area contributed by atoms with Crippen LogP contribution >= 0.6 is 34.2 Å². The van der Waals surface area contributed by atoms with Crippen molar-refractivity contribution in [3.8, 4) is 0 Å². The molecule has 2 nitrogen and oxygen atoms in total. The predicted octanol–water partition coefficient (Wildman–Crippen LogP) is 3.62. The highest BCUT2D eigenvalue weighted by Crippen LogP contribution is 2.31. The predicted molar refractivity (Wildman–Crippen MR) is 73.9 cm³/mol. The molecule has 1 fully saturated rings. The maximum atomic E-state index is 12.0. The Hall–Kier alpha value is -0.290. The van der Waals surface area contributed by atoms with Gasteiger partial charge in [-0.1, -0.05) is 11.6 Å². The molecule has 1 saturated carbocycles. The number of nitrogens with one attached hydrogen (secondary N) is 1. The summed E-state index contributed by atoms with van der Waals surface area (Å²) < 4.78 is 0.981. The average Bonchev–Trinajstić information content (AvgIpc) is 2.13. The van der Waals surface area contributed by atoms with Crippen LogP contribution in [-0.2, 0) is 0 Å². The van der Waals surface area contributed by atoms with Gasteiger partial charge in [0.15, 0.2) is 0 Å². The van der Waals surface area contributed by atoms with Gasteiger partial charge < -0.3 is 5.32 Å². The van der Waals surface area contributed by atoms with Crippen LogP contribution in [0.25, 0.3) is 0 Å². The molecule has 4 heteroatoms. The van der Waals surface area contributed by atoms with E-state index in [9.17, 15) is 4.79 Å². The van der Waals surface area contributed by atoms with E-state index in [0.717, 1.165) is 16.4 Å². The highest BCUT2D eigenvalue weighted by molar-refractivity contribution is 14.1. The smallest absolute Gasteiger partial charge is 0.251 e. The van der Waals surface area contributed by atoms with Gasteiger partial charge in [-0.3, -0.25) is 4.79 Å². The van der Waals surface area contributed by atoms with Gasteiger partial charge in [0, 0.05) is 19.7 Å². The Balaban J connectivity index is 2.14. The zero-order chi connectivity index (χ0) is 11.8. The fourth-order valence-corrected chi connectivity index (χ4v) is 2.95. The molecule has 0 unspecified atom stereocenters. The largest absolute Gasteiger partial charge is 0.347 e. The lowest BCUT2D eigenvalue weighted by atomic mass is 9.78. The highest BCUT2D eigenvalue weighted by Gasteiger charge is 2.33. The van der Waals surface area contributed by atoms with Crippen LogP contribution in [0.2, 0.25) is 5.02 Å². The van der Waals surface area contributed by atoms with Crippen molar-refractivity contribution in [2.24, 2.45) is 0 Å². The molecule has 86 valence electrons. The van der Waals surface area contributed by atoms with Crippen molar-refractivity contribution in [3.05, 3.63) is 32.4 Å². The quantitative estimate of drug-likeness (QED) is 0.812. The SMILES string of the molecule is CC1(NC(=O)c2cc(Cl)cc(I)c2)CCC1. The monoisotopic (exact) mass is 349 g/mol. The highest BCUT2D eigenvalue weighted by atomic mass is 127. The van der Waals surface area contributed by atoms with Gasteiger partial charge in [-0.2, -0.15) is 0 Å². The maximum absolute atomic E-state index is 12.0. The molecular weight excluding hydrogens is 336 g/mol. The van der Waals surface area contributed by atoms with Gasteiger partial charge in [0.25, 0.3) is 5.91 Å². The maximum Gasteiger partial charge on any atom is 0.251 e. The fourth-order valence-electron chi connectivity index (χ4n) is 1.86. The topological polar surface area (TPSA) is 29.1 Å². The molecule has 1 aromatic carbocycles. The number of carbonyl (C=O) groups is 1. The summed E-state index contributed by atoms with van der Waals surface area (Å²) in [6, 6.07) is 5.40. The lowest BCUT2D eigenvalue weighted by molar-refractivity contribution is 0.0850. The lowest BCUT2D eigenvalue weighted by Crippen LogP contribution is -2.50. The second kappa shape index (κ2) is 4.53. The van der Waals surface area contributed by atoms with E-state index in [1.807, 2.05) is 12.1 Å². The first kappa shape index (κ1) is 12.2. The van der Waals surface area contributed by atoms with Crippen molar-refractivity contribution in [2.75, 3.05) is 0 Å². The molecule has 0 heterocycles. The molecule has 0 aromatic heterocycles. The van der Waals surface area contributed by atoms with Gasteiger partial charge in [-0.15, -0.1) is 0 Å². The normalized spacial score (nSPS) is 17.7. The van der Waals surface area contributed by atoms with Crippen LogP contribution in [0.5, 0.6) is 0 Å². The van der Waals surface area contributed by atoms with E-state index < -0.39 is 0 Å². The lowest BCUT2D eigenvalue weighted by Gasteiger charge is -2.39. The molecule has 0 aliphatic heterocycles. The second-order valence-corrected chi connectivity index (χ2v) is 6.21. The molecule has 0 radical (unpaired) electrons. The van der Waals surface area contributed by atoms with Crippen molar-refractivity contribution in [1.82, 2.24) is 5.32 Å². The summed E-state index contributed by atoms with van der Waals surface area (Å²) in [5, 5.41) is 3.67. The van der Waals surface area contributed by atoms with Gasteiger partial charge in [0.05, 0.1) is 0 Å². The van der Waals surface area contributed by atoms with Crippen molar-refractivity contribution in [1.29, 1.82) is 0 Å². The summed E-state index contributed by atoms with van der Waals surface area (Å²) in [6.45, 7) is 2.09. The molecule has 1 N–H and O–H groups in total. The summed E-state index contributed by atoms with van der Waals surface area (Å²) >= 11 is 8.09. The summed E-state index contributed by atoms with van der Waals surface area (Å²) in [7, 11) is 0. The van der Waals surface area contributed by atoms with E-state index in [0.29, 0.717) is 10.6 Å². The van der Waals surface area contributed by atoms with E-state index in [2.05, 4.69) is 34.8 Å². The van der Waals surface area contributed by atoms with Crippen LogP contribution in [0, 0.1) is 3.57 Å². The molecule has 1 aliphatic carbocycles. The van der Waals surface area contributed by atoms with Crippen molar-refractivity contribution in [3.63, 3.8) is 0 Å². The molecule has 2 rings (SSSR count). The minimum absolute atomic E-state index is 0.00909. The molecule has 0 spiro atoms. The number of benzene rings is 1. The zero-order valence-corrected chi connectivity index (χ0v) is 11.9. The number of hydrogen-bond donors (Lipinski definition) is 1. The third kappa shape index (κ3) is 2.69. The number of halogens is 2. The van der Waals surface area contributed by atoms with Gasteiger partial charge in [0.1, 0.15) is 0 Å². The minimum Gasteiger partial charge on any atom is -0.347 e. The van der Waals surface area contributed by atoms with E-state index in [-0.39, 0.29) is 11.4 Å². The number of hydrogen-bond acceptors (Lipinski definition) is 1. The van der Waals surface area contributed by atoms with Gasteiger partial charge >= 0.3 is 0 Å². The Labute approximate surface area is 114 Å². The van der Waals surface area contributed by atoms with Crippen LogP contribution in [0.15, 0.2) is 18.2 Å². The fraction of sp³-hybridized carbons (Fsp3) is 0.417. The third-order valence-corrected chi connectivity index (χ3v) is 3.84. The molecule has 1 aliphatic rings. The summed E-state index contributed by atoms with van der Waals surface area (Å²) in [5.74, 6) is -0.0254. The molecule has 16 heavy (non-hydrogen) atoms. The van der Waals surface area contributed by atoms with E-state index in [1.54, 1.807) is 6.07 Å². The van der Waals surface area contributed by atoms with Crippen LogP contribution in [0.4, 0.5) is 0 Å². The average molecular weight is 350 g/mol. The van der Waals surface area contributed by atoms with Crippen LogP contribution in [0.1, 0.15) is 36.5 Å². The molecule has 1 amide bonds. The first-order chi connectivity index (χ1) is 7.48. The molecular formula is C12H13ClINO. The first-order valence-corrected chi connectivity index (χ1v) is 6.73. The molecule has 1 aromatic rings. The van der Waals surface area contributed by atoms with Crippen molar-refractivity contribution >= 4 is 40.1 Å². The molecule has 0 bridgehead atoms. The Morgan fingerprint density at radius 1 is 1.44 bits per heavy atom. The number of carbonyl (C=O) groups excluding carboxylic acids is 1. The van der Waals surface area contributed by atoms with Crippen LogP contribution in [0.3, 0.4) is 0 Å². The summed E-state index contributed by atoms with van der Waals surface area (Å²) in [4.78, 5) is 12.0. The Bertz CT molecular complexity index is 409. The molecule has 0 saturated heterocycles. The molecule has 0 atom stereocenters. The zero-order valence-electron chi connectivity index (χ0n) is 9.02. The van der Waals surface area contributed by atoms with Gasteiger partial charge in [-0.25, -0.2) is 0 Å². The minimum atomic E-state index is -0.0254.